The minimum atomic E-state index is -3.58. The molecule has 0 N–H and O–H groups in total. The lowest BCUT2D eigenvalue weighted by Gasteiger charge is -2.30. The summed E-state index contributed by atoms with van der Waals surface area (Å²) in [4.78, 5) is 11.8. The van der Waals surface area contributed by atoms with E-state index in [1.165, 1.54) is 23.2 Å². The van der Waals surface area contributed by atoms with Gasteiger partial charge in [-0.05, 0) is 18.2 Å². The van der Waals surface area contributed by atoms with Crippen molar-refractivity contribution in [2.75, 3.05) is 26.0 Å². The highest BCUT2D eigenvalue weighted by Gasteiger charge is 2.34. The van der Waals surface area contributed by atoms with Gasteiger partial charge in [-0.25, -0.2) is 8.42 Å². The van der Waals surface area contributed by atoms with Gasteiger partial charge < -0.3 is 4.74 Å². The zero-order valence-corrected chi connectivity index (χ0v) is 14.0. The first-order chi connectivity index (χ1) is 9.45. The van der Waals surface area contributed by atoms with Gasteiger partial charge in [-0.1, -0.05) is 22.0 Å². The summed E-state index contributed by atoms with van der Waals surface area (Å²) in [6, 6.07) is 6.55. The first-order valence-electron chi connectivity index (χ1n) is 5.90. The fourth-order valence-electron chi connectivity index (χ4n) is 1.89. The molecule has 1 aliphatic heterocycles. The third-order valence-electron chi connectivity index (χ3n) is 2.93. The van der Waals surface area contributed by atoms with E-state index >= 15 is 0 Å². The van der Waals surface area contributed by atoms with Crippen LogP contribution in [0.4, 0.5) is 0 Å². The fraction of sp³-hybridized carbons (Fsp3) is 0.417. The number of hydrogen-bond donors (Lipinski definition) is 0. The van der Waals surface area contributed by atoms with Crippen molar-refractivity contribution in [2.45, 2.75) is 10.1 Å². The van der Waals surface area contributed by atoms with E-state index in [0.29, 0.717) is 16.8 Å². The van der Waals surface area contributed by atoms with Gasteiger partial charge in [0.05, 0.1) is 12.0 Å². The average Bonchev–Trinajstić information content (AvgIpc) is 2.46. The standard InChI is InChI=1S/C12H14BrNO4S2/c1-18-12(15)11-8-14(5-6-19-11)20(16,17)10-4-2-3-9(13)7-10/h2-4,7,11H,5-6,8H2,1H3/t11-/m0/s1. The number of ether oxygens (including phenoxy) is 1. The number of benzene rings is 1. The second-order valence-electron chi connectivity index (χ2n) is 4.20. The summed E-state index contributed by atoms with van der Waals surface area (Å²) in [5.74, 6) is 0.191. The fourth-order valence-corrected chi connectivity index (χ4v) is 5.28. The predicted molar refractivity (Wildman–Crippen MR) is 81.2 cm³/mol. The molecule has 1 fully saturated rings. The highest BCUT2D eigenvalue weighted by atomic mass is 79.9. The van der Waals surface area contributed by atoms with Crippen LogP contribution >= 0.6 is 27.7 Å². The van der Waals surface area contributed by atoms with Crippen molar-refractivity contribution >= 4 is 43.7 Å². The van der Waals surface area contributed by atoms with E-state index in [4.69, 9.17) is 0 Å². The molecule has 1 saturated heterocycles. The van der Waals surface area contributed by atoms with Crippen molar-refractivity contribution in [2.24, 2.45) is 0 Å². The molecule has 0 saturated carbocycles. The Morgan fingerprint density at radius 1 is 1.50 bits per heavy atom. The van der Waals surface area contributed by atoms with Crippen LogP contribution in [0.3, 0.4) is 0 Å². The molecule has 0 spiro atoms. The quantitative estimate of drug-likeness (QED) is 0.748. The number of rotatable bonds is 3. The molecule has 0 aromatic heterocycles. The maximum absolute atomic E-state index is 12.5. The molecule has 1 aromatic rings. The van der Waals surface area contributed by atoms with Crippen LogP contribution in [0.2, 0.25) is 0 Å². The molecular weight excluding hydrogens is 366 g/mol. The summed E-state index contributed by atoms with van der Waals surface area (Å²) >= 11 is 4.69. The summed E-state index contributed by atoms with van der Waals surface area (Å²) in [5.41, 5.74) is 0. The van der Waals surface area contributed by atoms with Crippen molar-refractivity contribution < 1.29 is 17.9 Å². The first kappa shape index (κ1) is 15.8. The summed E-state index contributed by atoms with van der Waals surface area (Å²) in [7, 11) is -2.27. The minimum Gasteiger partial charge on any atom is -0.468 e. The van der Waals surface area contributed by atoms with Crippen molar-refractivity contribution in [1.82, 2.24) is 4.31 Å². The van der Waals surface area contributed by atoms with E-state index in [0.717, 1.165) is 0 Å². The van der Waals surface area contributed by atoms with Gasteiger partial charge in [0.1, 0.15) is 5.25 Å². The van der Waals surface area contributed by atoms with Crippen LogP contribution in [0.1, 0.15) is 0 Å². The van der Waals surface area contributed by atoms with Gasteiger partial charge in [-0.15, -0.1) is 11.8 Å². The van der Waals surface area contributed by atoms with E-state index in [9.17, 15) is 13.2 Å². The molecule has 1 aromatic carbocycles. The summed E-state index contributed by atoms with van der Waals surface area (Å²) in [5, 5.41) is -0.462. The molecule has 0 amide bonds. The number of halogens is 1. The molecule has 20 heavy (non-hydrogen) atoms. The zero-order valence-electron chi connectivity index (χ0n) is 10.8. The van der Waals surface area contributed by atoms with Crippen LogP contribution < -0.4 is 0 Å². The van der Waals surface area contributed by atoms with Gasteiger partial charge in [0.2, 0.25) is 10.0 Å². The molecule has 5 nitrogen and oxygen atoms in total. The number of carbonyl (C=O) groups excluding carboxylic acids is 1. The van der Waals surface area contributed by atoms with Gasteiger partial charge in [-0.3, -0.25) is 4.79 Å². The molecule has 8 heteroatoms. The third-order valence-corrected chi connectivity index (χ3v) is 6.44. The lowest BCUT2D eigenvalue weighted by Crippen LogP contribution is -2.44. The van der Waals surface area contributed by atoms with Gasteiger partial charge in [0.25, 0.3) is 0 Å². The van der Waals surface area contributed by atoms with Crippen molar-refractivity contribution in [1.29, 1.82) is 0 Å². The van der Waals surface area contributed by atoms with Crippen LogP contribution in [0.25, 0.3) is 0 Å². The van der Waals surface area contributed by atoms with Gasteiger partial charge in [0.15, 0.2) is 0 Å². The van der Waals surface area contributed by atoms with Crippen molar-refractivity contribution in [3.8, 4) is 0 Å². The number of carbonyl (C=O) groups is 1. The highest BCUT2D eigenvalue weighted by molar-refractivity contribution is 9.10. The molecule has 1 atom stereocenters. The van der Waals surface area contributed by atoms with Gasteiger partial charge in [-0.2, -0.15) is 4.31 Å². The summed E-state index contributed by atoms with van der Waals surface area (Å²) < 4.78 is 31.8. The van der Waals surface area contributed by atoms with E-state index in [1.807, 2.05) is 0 Å². The minimum absolute atomic E-state index is 0.145. The number of nitrogens with zero attached hydrogens (tertiary/aromatic N) is 1. The molecule has 2 rings (SSSR count). The maximum Gasteiger partial charge on any atom is 0.320 e. The van der Waals surface area contributed by atoms with Crippen LogP contribution in [0.5, 0.6) is 0 Å². The Kier molecular flexibility index (Phi) is 5.11. The molecule has 0 aliphatic carbocycles. The summed E-state index contributed by atoms with van der Waals surface area (Å²) in [6.45, 7) is 0.541. The van der Waals surface area contributed by atoms with Crippen molar-refractivity contribution in [3.05, 3.63) is 28.7 Å². The second-order valence-corrected chi connectivity index (χ2v) is 8.37. The molecule has 110 valence electrons. The Hall–Kier alpha value is -0.570. The Bertz CT molecular complexity index is 605. The highest BCUT2D eigenvalue weighted by Crippen LogP contribution is 2.26. The largest absolute Gasteiger partial charge is 0.468 e. The number of hydrogen-bond acceptors (Lipinski definition) is 5. The Morgan fingerprint density at radius 2 is 2.25 bits per heavy atom. The molecule has 1 aliphatic rings. The maximum atomic E-state index is 12.5. The lowest BCUT2D eigenvalue weighted by molar-refractivity contribution is -0.140. The second kappa shape index (κ2) is 6.46. The van der Waals surface area contributed by atoms with E-state index in [1.54, 1.807) is 24.3 Å². The average molecular weight is 380 g/mol. The summed E-state index contributed by atoms with van der Waals surface area (Å²) in [6.07, 6.45) is 0. The Balaban J connectivity index is 2.23. The van der Waals surface area contributed by atoms with Gasteiger partial charge in [0, 0.05) is 23.3 Å². The smallest absolute Gasteiger partial charge is 0.320 e. The van der Waals surface area contributed by atoms with Crippen LogP contribution in [0.15, 0.2) is 33.6 Å². The normalized spacial score (nSPS) is 20.6. The number of methoxy groups -OCH3 is 1. The predicted octanol–water partition coefficient (Wildman–Crippen LogP) is 1.73. The molecule has 0 radical (unpaired) electrons. The number of sulfonamides is 1. The molecular formula is C12H14BrNO4S2. The SMILES string of the molecule is COC(=O)[C@@H]1CN(S(=O)(=O)c2cccc(Br)c2)CCS1. The third kappa shape index (κ3) is 3.36. The van der Waals surface area contributed by atoms with Crippen LogP contribution in [-0.4, -0.2) is 49.9 Å². The van der Waals surface area contributed by atoms with E-state index in [-0.39, 0.29) is 17.4 Å². The zero-order chi connectivity index (χ0) is 14.8. The monoisotopic (exact) mass is 379 g/mol. The Morgan fingerprint density at radius 3 is 2.90 bits per heavy atom. The topological polar surface area (TPSA) is 63.7 Å². The van der Waals surface area contributed by atoms with Crippen LogP contribution in [0, 0.1) is 0 Å². The Labute approximate surface area is 130 Å². The molecule has 0 unspecified atom stereocenters. The number of esters is 1. The number of thioether (sulfide) groups is 1. The van der Waals surface area contributed by atoms with E-state index < -0.39 is 15.3 Å². The molecule has 0 bridgehead atoms. The van der Waals surface area contributed by atoms with Gasteiger partial charge >= 0.3 is 5.97 Å². The van der Waals surface area contributed by atoms with Crippen LogP contribution in [-0.2, 0) is 19.6 Å². The van der Waals surface area contributed by atoms with E-state index in [2.05, 4.69) is 20.7 Å². The first-order valence-corrected chi connectivity index (χ1v) is 9.18. The van der Waals surface area contributed by atoms with Crippen molar-refractivity contribution in [3.63, 3.8) is 0 Å². The molecule has 1 heterocycles. The lowest BCUT2D eigenvalue weighted by atomic mass is 10.4.